The van der Waals surface area contributed by atoms with Crippen LogP contribution in [0.2, 0.25) is 10.0 Å². The van der Waals surface area contributed by atoms with Crippen LogP contribution in [0.25, 0.3) is 0 Å². The molecule has 1 aliphatic carbocycles. The SMILES string of the molecule is CCCn1nc(N(c2ccc(Cl)cc2Cl)[C@@H](CC2CC2)c2ccc3c(c2)OCO3)nc1C.Cl. The van der Waals surface area contributed by atoms with E-state index in [1.165, 1.54) is 12.8 Å². The molecule has 1 aliphatic heterocycles. The molecule has 0 radical (unpaired) electrons. The molecule has 33 heavy (non-hydrogen) atoms. The van der Waals surface area contributed by atoms with Crippen LogP contribution in [0.3, 0.4) is 0 Å². The summed E-state index contributed by atoms with van der Waals surface area (Å²) in [6, 6.07) is 11.7. The van der Waals surface area contributed by atoms with Crippen molar-refractivity contribution in [1.29, 1.82) is 0 Å². The fourth-order valence-corrected chi connectivity index (χ4v) is 4.70. The second-order valence-electron chi connectivity index (χ2n) is 8.46. The molecule has 0 spiro atoms. The molecule has 1 aromatic heterocycles. The van der Waals surface area contributed by atoms with Crippen molar-refractivity contribution in [3.8, 4) is 11.5 Å². The second kappa shape index (κ2) is 10.00. The highest BCUT2D eigenvalue weighted by Gasteiger charge is 2.34. The quantitative estimate of drug-likeness (QED) is 0.323. The van der Waals surface area contributed by atoms with E-state index in [1.54, 1.807) is 6.07 Å². The number of halogens is 3. The number of hydrogen-bond acceptors (Lipinski definition) is 5. The maximum Gasteiger partial charge on any atom is 0.250 e. The zero-order valence-corrected chi connectivity index (χ0v) is 21.0. The molecule has 1 fully saturated rings. The van der Waals surface area contributed by atoms with Crippen molar-refractivity contribution in [3.63, 3.8) is 0 Å². The molecule has 0 unspecified atom stereocenters. The third-order valence-electron chi connectivity index (χ3n) is 6.01. The first-order valence-electron chi connectivity index (χ1n) is 11.1. The molecule has 9 heteroatoms. The monoisotopic (exact) mass is 508 g/mol. The molecule has 3 aromatic rings. The highest BCUT2D eigenvalue weighted by molar-refractivity contribution is 6.36. The molecule has 2 aromatic carbocycles. The van der Waals surface area contributed by atoms with E-state index in [-0.39, 0.29) is 25.2 Å². The highest BCUT2D eigenvalue weighted by Crippen LogP contribution is 2.47. The summed E-state index contributed by atoms with van der Waals surface area (Å²) in [5, 5.41) is 6.04. The van der Waals surface area contributed by atoms with Crippen LogP contribution in [0.4, 0.5) is 11.6 Å². The average Bonchev–Trinajstić information content (AvgIpc) is 3.34. The molecule has 2 aliphatic rings. The molecular weight excluding hydrogens is 483 g/mol. The van der Waals surface area contributed by atoms with Crippen molar-refractivity contribution >= 4 is 47.2 Å². The first-order chi connectivity index (χ1) is 15.5. The lowest BCUT2D eigenvalue weighted by atomic mass is 9.98. The normalized spacial score (nSPS) is 15.3. The summed E-state index contributed by atoms with van der Waals surface area (Å²) >= 11 is 13.0. The van der Waals surface area contributed by atoms with Gasteiger partial charge in [0.2, 0.25) is 12.7 Å². The first kappa shape index (κ1) is 24.0. The molecule has 6 nitrogen and oxygen atoms in total. The van der Waals surface area contributed by atoms with Crippen LogP contribution in [-0.4, -0.2) is 21.6 Å². The highest BCUT2D eigenvalue weighted by atomic mass is 35.5. The van der Waals surface area contributed by atoms with E-state index in [0.29, 0.717) is 21.9 Å². The number of rotatable bonds is 8. The average molecular weight is 510 g/mol. The number of benzene rings is 2. The number of ether oxygens (including phenoxy) is 2. The number of aromatic nitrogens is 3. The van der Waals surface area contributed by atoms with Crippen molar-refractivity contribution in [3.05, 3.63) is 57.8 Å². The topological polar surface area (TPSA) is 52.4 Å². The Balaban J connectivity index is 0.00000259. The van der Waals surface area contributed by atoms with Gasteiger partial charge in [-0.05, 0) is 61.6 Å². The largest absolute Gasteiger partial charge is 0.454 e. The molecule has 2 heterocycles. The van der Waals surface area contributed by atoms with Crippen LogP contribution in [-0.2, 0) is 6.54 Å². The van der Waals surface area contributed by atoms with Gasteiger partial charge in [0.25, 0.3) is 0 Å². The van der Waals surface area contributed by atoms with Gasteiger partial charge in [0.15, 0.2) is 11.5 Å². The van der Waals surface area contributed by atoms with Crippen LogP contribution < -0.4 is 14.4 Å². The summed E-state index contributed by atoms with van der Waals surface area (Å²) < 4.78 is 13.2. The van der Waals surface area contributed by atoms with Crippen molar-refractivity contribution in [2.45, 2.75) is 52.1 Å². The molecule has 5 rings (SSSR count). The van der Waals surface area contributed by atoms with Gasteiger partial charge in [0.05, 0.1) is 16.8 Å². The minimum atomic E-state index is -0.00690. The lowest BCUT2D eigenvalue weighted by molar-refractivity contribution is 0.174. The van der Waals surface area contributed by atoms with E-state index < -0.39 is 0 Å². The number of hydrogen-bond donors (Lipinski definition) is 0. The van der Waals surface area contributed by atoms with Crippen molar-refractivity contribution < 1.29 is 9.47 Å². The summed E-state index contributed by atoms with van der Waals surface area (Å²) in [6.07, 6.45) is 4.43. The molecule has 1 saturated carbocycles. The Bertz CT molecular complexity index is 1130. The van der Waals surface area contributed by atoms with Crippen LogP contribution in [0.15, 0.2) is 36.4 Å². The number of aryl methyl sites for hydroxylation is 2. The van der Waals surface area contributed by atoms with Crippen LogP contribution >= 0.6 is 35.6 Å². The van der Waals surface area contributed by atoms with Crippen molar-refractivity contribution in [1.82, 2.24) is 14.8 Å². The van der Waals surface area contributed by atoms with Gasteiger partial charge in [-0.3, -0.25) is 0 Å². The third-order valence-corrected chi connectivity index (χ3v) is 6.55. The minimum absolute atomic E-state index is 0. The number of fused-ring (bicyclic) bond motifs is 1. The van der Waals surface area contributed by atoms with Crippen LogP contribution in [0, 0.1) is 12.8 Å². The first-order valence-corrected chi connectivity index (χ1v) is 11.8. The lowest BCUT2D eigenvalue weighted by Gasteiger charge is -2.32. The van der Waals surface area contributed by atoms with E-state index >= 15 is 0 Å². The third kappa shape index (κ3) is 5.03. The Kier molecular flexibility index (Phi) is 7.27. The summed E-state index contributed by atoms with van der Waals surface area (Å²) in [6.45, 7) is 5.20. The van der Waals surface area contributed by atoms with Crippen molar-refractivity contribution in [2.75, 3.05) is 11.7 Å². The fraction of sp³-hybridized carbons (Fsp3) is 0.417. The molecule has 0 bridgehead atoms. The van der Waals surface area contributed by atoms with E-state index in [4.69, 9.17) is 42.8 Å². The maximum atomic E-state index is 6.73. The van der Waals surface area contributed by atoms with E-state index in [9.17, 15) is 0 Å². The smallest absolute Gasteiger partial charge is 0.250 e. The molecule has 0 amide bonds. The maximum absolute atomic E-state index is 6.73. The van der Waals surface area contributed by atoms with Crippen molar-refractivity contribution in [2.24, 2.45) is 5.92 Å². The van der Waals surface area contributed by atoms with E-state index in [1.807, 2.05) is 29.8 Å². The Morgan fingerprint density at radius 3 is 2.64 bits per heavy atom. The summed E-state index contributed by atoms with van der Waals surface area (Å²) in [7, 11) is 0. The minimum Gasteiger partial charge on any atom is -0.454 e. The Morgan fingerprint density at radius 1 is 1.12 bits per heavy atom. The van der Waals surface area contributed by atoms with Gasteiger partial charge in [-0.1, -0.05) is 49.0 Å². The summed E-state index contributed by atoms with van der Waals surface area (Å²) in [5.74, 6) is 3.73. The lowest BCUT2D eigenvalue weighted by Crippen LogP contribution is -2.26. The van der Waals surface area contributed by atoms with Gasteiger partial charge < -0.3 is 14.4 Å². The van der Waals surface area contributed by atoms with E-state index in [0.717, 1.165) is 48.0 Å². The van der Waals surface area contributed by atoms with Crippen LogP contribution in [0.5, 0.6) is 11.5 Å². The molecule has 0 saturated heterocycles. The van der Waals surface area contributed by atoms with Gasteiger partial charge in [0.1, 0.15) is 5.82 Å². The zero-order valence-electron chi connectivity index (χ0n) is 18.6. The van der Waals surface area contributed by atoms with Gasteiger partial charge in [-0.2, -0.15) is 4.98 Å². The van der Waals surface area contributed by atoms with Crippen LogP contribution in [0.1, 0.15) is 50.0 Å². The Hall–Kier alpha value is -2.15. The molecule has 0 N–H and O–H groups in total. The zero-order chi connectivity index (χ0) is 22.2. The Labute approximate surface area is 210 Å². The predicted molar refractivity (Wildman–Crippen MR) is 134 cm³/mol. The molecule has 1 atom stereocenters. The molecular formula is C24H27Cl3N4O2. The van der Waals surface area contributed by atoms with Gasteiger partial charge in [0, 0.05) is 11.6 Å². The van der Waals surface area contributed by atoms with Gasteiger partial charge >= 0.3 is 0 Å². The number of nitrogens with zero attached hydrogens (tertiary/aromatic N) is 4. The Morgan fingerprint density at radius 2 is 1.91 bits per heavy atom. The standard InChI is InChI=1S/C24H26Cl2N4O2.ClH/c1-3-10-29-15(2)27-24(28-29)30(20-8-7-18(25)13-19(20)26)21(11-16-4-5-16)17-6-9-22-23(12-17)32-14-31-22;/h6-9,12-13,16,21H,3-5,10-11,14H2,1-2H3;1H/t21-;/m0./s1. The predicted octanol–water partition coefficient (Wildman–Crippen LogP) is 7.13. The number of anilines is 2. The summed E-state index contributed by atoms with van der Waals surface area (Å²) in [5.41, 5.74) is 1.96. The van der Waals surface area contributed by atoms with Gasteiger partial charge in [-0.25, -0.2) is 4.68 Å². The van der Waals surface area contributed by atoms with E-state index in [2.05, 4.69) is 24.0 Å². The molecule has 176 valence electrons. The summed E-state index contributed by atoms with van der Waals surface area (Å²) in [4.78, 5) is 7.01. The fourth-order valence-electron chi connectivity index (χ4n) is 4.20. The van der Waals surface area contributed by atoms with Gasteiger partial charge in [-0.15, -0.1) is 17.5 Å². The second-order valence-corrected chi connectivity index (χ2v) is 9.30.